The summed E-state index contributed by atoms with van der Waals surface area (Å²) in [5.41, 5.74) is 0.729. The van der Waals surface area contributed by atoms with Gasteiger partial charge in [-0.3, -0.25) is 9.59 Å². The van der Waals surface area contributed by atoms with E-state index in [1.165, 1.54) is 5.57 Å². The van der Waals surface area contributed by atoms with Gasteiger partial charge >= 0.3 is 5.97 Å². The van der Waals surface area contributed by atoms with Gasteiger partial charge in [-0.05, 0) is 103 Å². The van der Waals surface area contributed by atoms with E-state index in [1.54, 1.807) is 6.08 Å². The van der Waals surface area contributed by atoms with E-state index in [9.17, 15) is 14.4 Å². The van der Waals surface area contributed by atoms with E-state index in [4.69, 9.17) is 4.74 Å². The molecule has 0 aliphatic heterocycles. The van der Waals surface area contributed by atoms with Gasteiger partial charge in [0, 0.05) is 23.8 Å². The van der Waals surface area contributed by atoms with Crippen LogP contribution in [0.1, 0.15) is 113 Å². The van der Waals surface area contributed by atoms with Crippen LogP contribution in [0.25, 0.3) is 0 Å². The number of hydrogen-bond donors (Lipinski definition) is 0. The first-order valence-electron chi connectivity index (χ1n) is 15.2. The van der Waals surface area contributed by atoms with Crippen molar-refractivity contribution < 1.29 is 19.1 Å². The SMILES string of the molecule is CCOC(=O)/C=C/[C@]12CCC(C)(C)CC1C1C(=O)C=C3[C@@]4(C)CCC(=O)C(C)(C)[C@@H]4CC[C@@]3(C)[C@]1(C)CC2. The first-order valence-corrected chi connectivity index (χ1v) is 15.2. The summed E-state index contributed by atoms with van der Waals surface area (Å²) in [6, 6.07) is 0. The van der Waals surface area contributed by atoms with Gasteiger partial charge in [0.25, 0.3) is 0 Å². The number of carbonyl (C=O) groups is 3. The highest BCUT2D eigenvalue weighted by atomic mass is 16.5. The van der Waals surface area contributed by atoms with Crippen LogP contribution >= 0.6 is 0 Å². The average molecular weight is 523 g/mol. The van der Waals surface area contributed by atoms with E-state index < -0.39 is 0 Å². The number of carbonyl (C=O) groups excluding carboxylic acids is 3. The Labute approximate surface area is 230 Å². The zero-order valence-electron chi connectivity index (χ0n) is 25.2. The van der Waals surface area contributed by atoms with Crippen LogP contribution in [-0.4, -0.2) is 24.1 Å². The number of allylic oxidation sites excluding steroid dienone is 3. The lowest BCUT2D eigenvalue weighted by Gasteiger charge is -2.69. The maximum absolute atomic E-state index is 14.5. The van der Waals surface area contributed by atoms with Crippen LogP contribution < -0.4 is 0 Å². The number of esters is 1. The topological polar surface area (TPSA) is 60.4 Å². The standard InChI is InChI=1S/C34H50O4/c1-9-38-27(37)12-15-34-18-16-29(2,3)21-22(34)28-23(35)20-25-31(6)13-11-26(36)30(4,5)24(31)10-14-32(25,7)33(28,8)17-19-34/h12,15,20,22,24,28H,9-11,13-14,16-19,21H2,1-8H3/b15-12+/t22?,24-,28?,31-,32+,33+,34+/m0/s1. The van der Waals surface area contributed by atoms with Gasteiger partial charge < -0.3 is 4.74 Å². The number of fused-ring (bicyclic) bond motifs is 7. The average Bonchev–Trinajstić information content (AvgIpc) is 2.82. The molecule has 210 valence electrons. The molecule has 4 heteroatoms. The summed E-state index contributed by atoms with van der Waals surface area (Å²) < 4.78 is 5.24. The van der Waals surface area contributed by atoms with E-state index in [2.05, 4.69) is 60.6 Å². The Balaban J connectivity index is 1.61. The molecule has 0 heterocycles. The normalized spacial score (nSPS) is 45.4. The zero-order valence-corrected chi connectivity index (χ0v) is 25.2. The van der Waals surface area contributed by atoms with Crippen LogP contribution in [0, 0.1) is 50.2 Å². The molecular formula is C34H50O4. The molecule has 38 heavy (non-hydrogen) atoms. The number of hydrogen-bond acceptors (Lipinski definition) is 4. The summed E-state index contributed by atoms with van der Waals surface area (Å²) in [5.74, 6) is 0.863. The molecule has 0 radical (unpaired) electrons. The fourth-order valence-corrected chi connectivity index (χ4v) is 10.6. The highest BCUT2D eigenvalue weighted by molar-refractivity contribution is 5.96. The monoisotopic (exact) mass is 522 g/mol. The van der Waals surface area contributed by atoms with E-state index in [1.807, 2.05) is 6.92 Å². The molecule has 4 fully saturated rings. The predicted molar refractivity (Wildman–Crippen MR) is 150 cm³/mol. The van der Waals surface area contributed by atoms with E-state index in [-0.39, 0.29) is 56.2 Å². The molecule has 5 rings (SSSR count). The first kappa shape index (κ1) is 27.8. The van der Waals surface area contributed by atoms with Crippen molar-refractivity contribution >= 4 is 17.5 Å². The Morgan fingerprint density at radius 3 is 2.34 bits per heavy atom. The van der Waals surface area contributed by atoms with Crippen molar-refractivity contribution in [1.82, 2.24) is 0 Å². The van der Waals surface area contributed by atoms with Gasteiger partial charge in [0.05, 0.1) is 6.61 Å². The van der Waals surface area contributed by atoms with Crippen molar-refractivity contribution in [1.29, 1.82) is 0 Å². The van der Waals surface area contributed by atoms with Gasteiger partial charge in [-0.25, -0.2) is 4.79 Å². The Morgan fingerprint density at radius 1 is 0.974 bits per heavy atom. The molecule has 5 aliphatic rings. The summed E-state index contributed by atoms with van der Waals surface area (Å²) in [5, 5.41) is 0. The largest absolute Gasteiger partial charge is 0.463 e. The Morgan fingerprint density at radius 2 is 1.66 bits per heavy atom. The zero-order chi connectivity index (χ0) is 27.9. The van der Waals surface area contributed by atoms with Crippen LogP contribution in [0.15, 0.2) is 23.8 Å². The van der Waals surface area contributed by atoms with Crippen molar-refractivity contribution in [3.63, 3.8) is 0 Å². The van der Waals surface area contributed by atoms with Gasteiger partial charge in [0.15, 0.2) is 5.78 Å². The van der Waals surface area contributed by atoms with E-state index in [0.29, 0.717) is 24.6 Å². The molecule has 0 aromatic rings. The molecule has 4 saturated carbocycles. The predicted octanol–water partition coefficient (Wildman–Crippen LogP) is 7.66. The van der Waals surface area contributed by atoms with Gasteiger partial charge in [-0.2, -0.15) is 0 Å². The van der Waals surface area contributed by atoms with Crippen molar-refractivity contribution in [2.75, 3.05) is 6.61 Å². The second kappa shape index (κ2) is 8.64. The van der Waals surface area contributed by atoms with Crippen LogP contribution in [0.2, 0.25) is 0 Å². The van der Waals surface area contributed by atoms with Gasteiger partial charge in [0.1, 0.15) is 5.78 Å². The highest BCUT2D eigenvalue weighted by Gasteiger charge is 2.69. The summed E-state index contributed by atoms with van der Waals surface area (Å²) in [4.78, 5) is 39.8. The van der Waals surface area contributed by atoms with Crippen LogP contribution in [0.4, 0.5) is 0 Å². The number of rotatable bonds is 3. The third-order valence-electron chi connectivity index (χ3n) is 13.0. The smallest absolute Gasteiger partial charge is 0.330 e. The highest BCUT2D eigenvalue weighted by Crippen LogP contribution is 2.75. The molecule has 0 N–H and O–H groups in total. The van der Waals surface area contributed by atoms with Crippen LogP contribution in [0.3, 0.4) is 0 Å². The fourth-order valence-electron chi connectivity index (χ4n) is 10.6. The molecule has 0 amide bonds. The molecular weight excluding hydrogens is 472 g/mol. The lowest BCUT2D eigenvalue weighted by Crippen LogP contribution is -2.65. The van der Waals surface area contributed by atoms with Gasteiger partial charge in [0.2, 0.25) is 0 Å². The second-order valence-electron chi connectivity index (χ2n) is 15.6. The van der Waals surface area contributed by atoms with Crippen molar-refractivity contribution in [2.24, 2.45) is 50.2 Å². The fraction of sp³-hybridized carbons (Fsp3) is 0.794. The third kappa shape index (κ3) is 3.70. The van der Waals surface area contributed by atoms with Gasteiger partial charge in [-0.15, -0.1) is 0 Å². The lowest BCUT2D eigenvalue weighted by atomic mass is 9.34. The molecule has 5 aliphatic carbocycles. The Hall–Kier alpha value is -1.71. The van der Waals surface area contributed by atoms with Gasteiger partial charge in [-0.1, -0.05) is 60.1 Å². The van der Waals surface area contributed by atoms with E-state index >= 15 is 0 Å². The summed E-state index contributed by atoms with van der Waals surface area (Å²) >= 11 is 0. The maximum atomic E-state index is 14.5. The summed E-state index contributed by atoms with van der Waals surface area (Å²) in [6.07, 6.45) is 14.6. The second-order valence-corrected chi connectivity index (χ2v) is 15.6. The number of ether oxygens (including phenoxy) is 1. The summed E-state index contributed by atoms with van der Waals surface area (Å²) in [7, 11) is 0. The molecule has 0 aromatic carbocycles. The van der Waals surface area contributed by atoms with Crippen LogP contribution in [-0.2, 0) is 19.1 Å². The van der Waals surface area contributed by atoms with Crippen LogP contribution in [0.5, 0.6) is 0 Å². The van der Waals surface area contributed by atoms with Crippen molar-refractivity contribution in [2.45, 2.75) is 113 Å². The molecule has 7 atom stereocenters. The van der Waals surface area contributed by atoms with Crippen molar-refractivity contribution in [3.05, 3.63) is 23.8 Å². The van der Waals surface area contributed by atoms with Crippen molar-refractivity contribution in [3.8, 4) is 0 Å². The molecule has 0 bridgehead atoms. The molecule has 0 saturated heterocycles. The minimum absolute atomic E-state index is 0.0465. The molecule has 0 spiro atoms. The van der Waals surface area contributed by atoms with E-state index in [0.717, 1.165) is 51.4 Å². The minimum Gasteiger partial charge on any atom is -0.463 e. The number of ketones is 2. The molecule has 2 unspecified atom stereocenters. The maximum Gasteiger partial charge on any atom is 0.330 e. The minimum atomic E-state index is -0.344. The Kier molecular flexibility index (Phi) is 6.33. The molecule has 0 aromatic heterocycles. The lowest BCUT2D eigenvalue weighted by molar-refractivity contribution is -0.169. The summed E-state index contributed by atoms with van der Waals surface area (Å²) in [6.45, 7) is 18.4. The third-order valence-corrected chi connectivity index (χ3v) is 13.0. The number of Topliss-reactive ketones (excluding diaryl/α,β-unsaturated/α-hetero) is 1. The molecule has 4 nitrogen and oxygen atoms in total. The quantitative estimate of drug-likeness (QED) is 0.282. The Bertz CT molecular complexity index is 1110. The first-order chi connectivity index (χ1) is 17.6.